The minimum absolute atomic E-state index is 0.398. The van der Waals surface area contributed by atoms with Gasteiger partial charge >= 0.3 is 0 Å². The first-order valence-electron chi connectivity index (χ1n) is 7.69. The SMILES string of the molecule is C[Si](C)(C)c1ccc2cc(C(N)=O)n(Cc3ccncc3)c2c1. The quantitative estimate of drug-likeness (QED) is 0.751. The summed E-state index contributed by atoms with van der Waals surface area (Å²) in [6, 6.07) is 12.3. The molecule has 2 heterocycles. The number of amides is 1. The van der Waals surface area contributed by atoms with Gasteiger partial charge in [0.05, 0.1) is 8.07 Å². The molecule has 0 spiro atoms. The van der Waals surface area contributed by atoms with Gasteiger partial charge in [-0.15, -0.1) is 0 Å². The van der Waals surface area contributed by atoms with E-state index in [2.05, 4.69) is 42.8 Å². The topological polar surface area (TPSA) is 60.9 Å². The molecule has 2 N–H and O–H groups in total. The average Bonchev–Trinajstić information content (AvgIpc) is 2.86. The van der Waals surface area contributed by atoms with Crippen LogP contribution in [0.3, 0.4) is 0 Å². The van der Waals surface area contributed by atoms with Gasteiger partial charge in [0.1, 0.15) is 5.69 Å². The standard InChI is InChI=1S/C18H21N3OSi/c1-23(2,3)15-5-4-14-10-17(18(19)22)21(16(14)11-15)12-13-6-8-20-9-7-13/h4-11H,12H2,1-3H3,(H2,19,22). The summed E-state index contributed by atoms with van der Waals surface area (Å²) in [4.78, 5) is 15.9. The molecule has 0 saturated carbocycles. The second kappa shape index (κ2) is 5.66. The van der Waals surface area contributed by atoms with Crippen LogP contribution in [0.5, 0.6) is 0 Å². The van der Waals surface area contributed by atoms with Crippen LogP contribution >= 0.6 is 0 Å². The minimum atomic E-state index is -1.42. The van der Waals surface area contributed by atoms with Gasteiger partial charge in [-0.1, -0.05) is 37.0 Å². The summed E-state index contributed by atoms with van der Waals surface area (Å²) in [5.74, 6) is -0.398. The Morgan fingerprint density at radius 2 is 1.83 bits per heavy atom. The summed E-state index contributed by atoms with van der Waals surface area (Å²) in [6.07, 6.45) is 3.52. The normalized spacial score (nSPS) is 11.8. The first kappa shape index (κ1) is 15.5. The van der Waals surface area contributed by atoms with Crippen molar-refractivity contribution in [3.8, 4) is 0 Å². The van der Waals surface area contributed by atoms with Crippen LogP contribution in [0, 0.1) is 0 Å². The number of primary amides is 1. The lowest BCUT2D eigenvalue weighted by Crippen LogP contribution is -2.37. The molecule has 1 amide bonds. The molecule has 3 aromatic rings. The van der Waals surface area contributed by atoms with Crippen molar-refractivity contribution in [3.63, 3.8) is 0 Å². The van der Waals surface area contributed by atoms with Gasteiger partial charge in [-0.25, -0.2) is 0 Å². The summed E-state index contributed by atoms with van der Waals surface area (Å²) < 4.78 is 2.01. The summed E-state index contributed by atoms with van der Waals surface area (Å²) in [5.41, 5.74) is 8.30. The van der Waals surface area contributed by atoms with E-state index in [-0.39, 0.29) is 0 Å². The van der Waals surface area contributed by atoms with Gasteiger partial charge in [0, 0.05) is 29.8 Å². The first-order chi connectivity index (χ1) is 10.9. The Balaban J connectivity index is 2.19. The zero-order chi connectivity index (χ0) is 16.6. The third-order valence-electron chi connectivity index (χ3n) is 4.11. The number of carbonyl (C=O) groups is 1. The predicted octanol–water partition coefficient (Wildman–Crippen LogP) is 2.73. The second-order valence-corrected chi connectivity index (χ2v) is 11.9. The molecule has 4 nitrogen and oxygen atoms in total. The fraction of sp³-hybridized carbons (Fsp3) is 0.222. The van der Waals surface area contributed by atoms with E-state index in [1.165, 1.54) is 5.19 Å². The molecular weight excluding hydrogens is 302 g/mol. The Hall–Kier alpha value is -2.40. The van der Waals surface area contributed by atoms with Crippen LogP contribution < -0.4 is 10.9 Å². The molecule has 0 saturated heterocycles. The van der Waals surface area contributed by atoms with Crippen LogP contribution in [0.25, 0.3) is 10.9 Å². The lowest BCUT2D eigenvalue weighted by molar-refractivity contribution is 0.0992. The number of pyridine rings is 1. The fourth-order valence-corrected chi connectivity index (χ4v) is 3.92. The molecule has 3 rings (SSSR count). The van der Waals surface area contributed by atoms with Crippen molar-refractivity contribution in [2.24, 2.45) is 5.73 Å². The molecule has 0 atom stereocenters. The van der Waals surface area contributed by atoms with Gasteiger partial charge in [0.25, 0.3) is 5.91 Å². The number of carbonyl (C=O) groups excluding carboxylic acids is 1. The Morgan fingerprint density at radius 1 is 1.13 bits per heavy atom. The predicted molar refractivity (Wildman–Crippen MR) is 96.8 cm³/mol. The molecule has 0 fully saturated rings. The number of hydrogen-bond donors (Lipinski definition) is 1. The van der Waals surface area contributed by atoms with E-state index in [1.54, 1.807) is 12.4 Å². The third kappa shape index (κ3) is 3.05. The molecular formula is C18H21N3OSi. The maximum absolute atomic E-state index is 11.9. The molecule has 23 heavy (non-hydrogen) atoms. The van der Waals surface area contributed by atoms with Gasteiger partial charge in [0.2, 0.25) is 0 Å². The number of aromatic nitrogens is 2. The number of benzene rings is 1. The zero-order valence-electron chi connectivity index (χ0n) is 13.7. The smallest absolute Gasteiger partial charge is 0.265 e. The number of rotatable bonds is 4. The van der Waals surface area contributed by atoms with Crippen molar-refractivity contribution in [2.45, 2.75) is 26.2 Å². The first-order valence-corrected chi connectivity index (χ1v) is 11.2. The maximum Gasteiger partial charge on any atom is 0.265 e. The van der Waals surface area contributed by atoms with Gasteiger partial charge in [-0.05, 0) is 29.8 Å². The van der Waals surface area contributed by atoms with Crippen molar-refractivity contribution in [3.05, 3.63) is 60.0 Å². The fourth-order valence-electron chi connectivity index (χ4n) is 2.77. The Kier molecular flexibility index (Phi) is 3.81. The lowest BCUT2D eigenvalue weighted by atomic mass is 10.2. The van der Waals surface area contributed by atoms with Crippen molar-refractivity contribution in [1.29, 1.82) is 0 Å². The van der Waals surface area contributed by atoms with Crippen molar-refractivity contribution < 1.29 is 4.79 Å². The highest BCUT2D eigenvalue weighted by Gasteiger charge is 2.19. The third-order valence-corrected chi connectivity index (χ3v) is 6.16. The van der Waals surface area contributed by atoms with E-state index in [0.29, 0.717) is 12.2 Å². The van der Waals surface area contributed by atoms with E-state index in [0.717, 1.165) is 16.5 Å². The lowest BCUT2D eigenvalue weighted by Gasteiger charge is -2.17. The Labute approximate surface area is 137 Å². The summed E-state index contributed by atoms with van der Waals surface area (Å²) >= 11 is 0. The van der Waals surface area contributed by atoms with Gasteiger partial charge in [-0.2, -0.15) is 0 Å². The number of nitrogens with zero attached hydrogens (tertiary/aromatic N) is 2. The Bertz CT molecular complexity index is 863. The highest BCUT2D eigenvalue weighted by atomic mass is 28.3. The highest BCUT2D eigenvalue weighted by molar-refractivity contribution is 6.88. The minimum Gasteiger partial charge on any atom is -0.364 e. The Morgan fingerprint density at radius 3 is 2.43 bits per heavy atom. The summed E-state index contributed by atoms with van der Waals surface area (Å²) in [5, 5.41) is 2.42. The van der Waals surface area contributed by atoms with Gasteiger partial charge in [0.15, 0.2) is 0 Å². The molecule has 0 aliphatic heterocycles. The van der Waals surface area contributed by atoms with Crippen LogP contribution in [0.2, 0.25) is 19.6 Å². The van der Waals surface area contributed by atoms with Crippen molar-refractivity contribution in [1.82, 2.24) is 9.55 Å². The van der Waals surface area contributed by atoms with E-state index in [1.807, 2.05) is 22.8 Å². The van der Waals surface area contributed by atoms with Crippen LogP contribution in [0.4, 0.5) is 0 Å². The maximum atomic E-state index is 11.9. The molecule has 0 unspecified atom stereocenters. The van der Waals surface area contributed by atoms with Gasteiger partial charge < -0.3 is 10.3 Å². The molecule has 0 aliphatic carbocycles. The van der Waals surface area contributed by atoms with E-state index in [9.17, 15) is 4.79 Å². The van der Waals surface area contributed by atoms with E-state index < -0.39 is 14.0 Å². The molecule has 1 aromatic carbocycles. The molecule has 118 valence electrons. The highest BCUT2D eigenvalue weighted by Crippen LogP contribution is 2.21. The van der Waals surface area contributed by atoms with Crippen molar-refractivity contribution >= 4 is 30.1 Å². The monoisotopic (exact) mass is 323 g/mol. The van der Waals surface area contributed by atoms with E-state index in [4.69, 9.17) is 5.73 Å². The summed E-state index contributed by atoms with van der Waals surface area (Å²) in [7, 11) is -1.42. The summed E-state index contributed by atoms with van der Waals surface area (Å²) in [6.45, 7) is 7.57. The van der Waals surface area contributed by atoms with Crippen molar-refractivity contribution in [2.75, 3.05) is 0 Å². The molecule has 5 heteroatoms. The van der Waals surface area contributed by atoms with Crippen LogP contribution in [0.1, 0.15) is 16.1 Å². The zero-order valence-corrected chi connectivity index (χ0v) is 14.7. The second-order valence-electron chi connectivity index (χ2n) is 6.86. The average molecular weight is 323 g/mol. The number of nitrogens with two attached hydrogens (primary N) is 1. The van der Waals surface area contributed by atoms with Crippen LogP contribution in [0.15, 0.2) is 48.8 Å². The van der Waals surface area contributed by atoms with E-state index >= 15 is 0 Å². The van der Waals surface area contributed by atoms with Gasteiger partial charge in [-0.3, -0.25) is 9.78 Å². The number of hydrogen-bond acceptors (Lipinski definition) is 2. The van der Waals surface area contributed by atoms with Crippen LogP contribution in [-0.2, 0) is 6.54 Å². The largest absolute Gasteiger partial charge is 0.364 e. The molecule has 0 bridgehead atoms. The molecule has 0 aliphatic rings. The number of fused-ring (bicyclic) bond motifs is 1. The van der Waals surface area contributed by atoms with Crippen LogP contribution in [-0.4, -0.2) is 23.5 Å². The molecule has 0 radical (unpaired) electrons. The molecule has 2 aromatic heterocycles.